The van der Waals surface area contributed by atoms with Crippen LogP contribution in [0.4, 0.5) is 5.69 Å². The van der Waals surface area contributed by atoms with Gasteiger partial charge in [-0.2, -0.15) is 5.26 Å². The Morgan fingerprint density at radius 2 is 1.85 bits per heavy atom. The predicted octanol–water partition coefficient (Wildman–Crippen LogP) is 3.28. The number of hydrogen-bond donors (Lipinski definition) is 2. The number of nitriles is 1. The second-order valence-electron chi connectivity index (χ2n) is 5.78. The Morgan fingerprint density at radius 1 is 1.12 bits per heavy atom. The van der Waals surface area contributed by atoms with E-state index < -0.39 is 10.0 Å². The van der Waals surface area contributed by atoms with Gasteiger partial charge in [-0.1, -0.05) is 25.8 Å². The molecule has 0 atom stereocenters. The van der Waals surface area contributed by atoms with Gasteiger partial charge in [0.05, 0.1) is 16.5 Å². The molecule has 0 bridgehead atoms. The summed E-state index contributed by atoms with van der Waals surface area (Å²) in [6.07, 6.45) is 2.77. The van der Waals surface area contributed by atoms with Crippen molar-refractivity contribution in [2.45, 2.75) is 31.1 Å². The maximum Gasteiger partial charge on any atom is 0.255 e. The maximum absolute atomic E-state index is 12.3. The topological polar surface area (TPSA) is 99.1 Å². The number of hydrogen-bond acceptors (Lipinski definition) is 4. The van der Waals surface area contributed by atoms with E-state index in [1.54, 1.807) is 24.3 Å². The molecule has 0 aliphatic carbocycles. The van der Waals surface area contributed by atoms with Gasteiger partial charge in [-0.15, -0.1) is 0 Å². The summed E-state index contributed by atoms with van der Waals surface area (Å²) in [5.74, 6) is -0.375. The molecule has 1 amide bonds. The molecule has 2 aromatic rings. The maximum atomic E-state index is 12.3. The highest BCUT2D eigenvalue weighted by atomic mass is 32.2. The Bertz CT molecular complexity index is 900. The van der Waals surface area contributed by atoms with Crippen LogP contribution in [0.2, 0.25) is 0 Å². The first-order chi connectivity index (χ1) is 12.5. The van der Waals surface area contributed by atoms with Gasteiger partial charge >= 0.3 is 0 Å². The SMILES string of the molecule is CCCCCNS(=O)(=O)c1ccc(C(=O)Nc2cccc(C#N)c2)cc1. The number of nitrogens with zero attached hydrogens (tertiary/aromatic N) is 1. The molecule has 2 rings (SSSR count). The van der Waals surface area contributed by atoms with Gasteiger partial charge in [0, 0.05) is 17.8 Å². The summed E-state index contributed by atoms with van der Waals surface area (Å²) >= 11 is 0. The van der Waals surface area contributed by atoms with E-state index in [1.165, 1.54) is 24.3 Å². The molecule has 2 aromatic carbocycles. The van der Waals surface area contributed by atoms with E-state index >= 15 is 0 Å². The Labute approximate surface area is 153 Å². The van der Waals surface area contributed by atoms with Crippen LogP contribution in [-0.2, 0) is 10.0 Å². The highest BCUT2D eigenvalue weighted by Crippen LogP contribution is 2.14. The Balaban J connectivity index is 2.04. The van der Waals surface area contributed by atoms with Gasteiger partial charge in [-0.05, 0) is 48.9 Å². The van der Waals surface area contributed by atoms with E-state index in [4.69, 9.17) is 5.26 Å². The Morgan fingerprint density at radius 3 is 2.50 bits per heavy atom. The third-order valence-corrected chi connectivity index (χ3v) is 5.23. The van der Waals surface area contributed by atoms with Crippen molar-refractivity contribution < 1.29 is 13.2 Å². The fourth-order valence-corrected chi connectivity index (χ4v) is 3.39. The minimum atomic E-state index is -3.57. The normalized spacial score (nSPS) is 10.9. The van der Waals surface area contributed by atoms with Crippen LogP contribution in [0.15, 0.2) is 53.4 Å². The lowest BCUT2D eigenvalue weighted by atomic mass is 10.2. The fraction of sp³-hybridized carbons (Fsp3) is 0.263. The number of benzene rings is 2. The van der Waals surface area contributed by atoms with E-state index in [0.717, 1.165) is 19.3 Å². The van der Waals surface area contributed by atoms with Gasteiger partial charge in [-0.25, -0.2) is 13.1 Å². The molecule has 26 heavy (non-hydrogen) atoms. The van der Waals surface area contributed by atoms with Gasteiger partial charge < -0.3 is 5.32 Å². The first-order valence-corrected chi connectivity index (χ1v) is 9.86. The van der Waals surface area contributed by atoms with Gasteiger partial charge in [0.25, 0.3) is 5.91 Å². The molecule has 0 unspecified atom stereocenters. The summed E-state index contributed by atoms with van der Waals surface area (Å²) in [6.45, 7) is 2.45. The Kier molecular flexibility index (Phi) is 6.89. The van der Waals surface area contributed by atoms with Crippen LogP contribution >= 0.6 is 0 Å². The van der Waals surface area contributed by atoms with Crippen molar-refractivity contribution in [3.05, 3.63) is 59.7 Å². The van der Waals surface area contributed by atoms with Crippen molar-refractivity contribution in [3.8, 4) is 6.07 Å². The van der Waals surface area contributed by atoms with Crippen molar-refractivity contribution in [1.29, 1.82) is 5.26 Å². The minimum absolute atomic E-state index is 0.122. The predicted molar refractivity (Wildman–Crippen MR) is 100 cm³/mol. The molecular weight excluding hydrogens is 350 g/mol. The first kappa shape index (κ1) is 19.6. The molecule has 0 fully saturated rings. The molecule has 2 N–H and O–H groups in total. The lowest BCUT2D eigenvalue weighted by Crippen LogP contribution is -2.24. The van der Waals surface area contributed by atoms with Crippen molar-refractivity contribution in [2.24, 2.45) is 0 Å². The van der Waals surface area contributed by atoms with E-state index in [0.29, 0.717) is 23.4 Å². The quantitative estimate of drug-likeness (QED) is 0.696. The number of rotatable bonds is 8. The smallest absolute Gasteiger partial charge is 0.255 e. The largest absolute Gasteiger partial charge is 0.322 e. The molecule has 0 saturated heterocycles. The third kappa shape index (κ3) is 5.41. The van der Waals surface area contributed by atoms with Crippen LogP contribution in [0.3, 0.4) is 0 Å². The highest BCUT2D eigenvalue weighted by Gasteiger charge is 2.14. The zero-order chi connectivity index (χ0) is 19.0. The summed E-state index contributed by atoms with van der Waals surface area (Å²) in [5, 5.41) is 11.6. The molecule has 0 aromatic heterocycles. The average Bonchev–Trinajstić information content (AvgIpc) is 2.65. The average molecular weight is 371 g/mol. The Hall–Kier alpha value is -2.69. The fourth-order valence-electron chi connectivity index (χ4n) is 2.32. The number of nitrogens with one attached hydrogen (secondary N) is 2. The molecule has 0 aliphatic heterocycles. The van der Waals surface area contributed by atoms with Crippen LogP contribution in [-0.4, -0.2) is 20.9 Å². The third-order valence-electron chi connectivity index (χ3n) is 3.75. The number of amides is 1. The number of sulfonamides is 1. The molecular formula is C19H21N3O3S. The van der Waals surface area contributed by atoms with Gasteiger partial charge in [0.2, 0.25) is 10.0 Å². The lowest BCUT2D eigenvalue weighted by molar-refractivity contribution is 0.102. The summed E-state index contributed by atoms with van der Waals surface area (Å²) < 4.78 is 26.9. The molecule has 0 heterocycles. The van der Waals surface area contributed by atoms with Crippen LogP contribution in [0.25, 0.3) is 0 Å². The van der Waals surface area contributed by atoms with E-state index in [-0.39, 0.29) is 10.8 Å². The van der Waals surface area contributed by atoms with E-state index in [1.807, 2.05) is 6.07 Å². The van der Waals surface area contributed by atoms with Crippen LogP contribution in [0.5, 0.6) is 0 Å². The second-order valence-corrected chi connectivity index (χ2v) is 7.54. The highest BCUT2D eigenvalue weighted by molar-refractivity contribution is 7.89. The first-order valence-electron chi connectivity index (χ1n) is 8.37. The van der Waals surface area contributed by atoms with Crippen LogP contribution < -0.4 is 10.0 Å². The van der Waals surface area contributed by atoms with Crippen molar-refractivity contribution in [3.63, 3.8) is 0 Å². The zero-order valence-corrected chi connectivity index (χ0v) is 15.3. The number of carbonyl (C=O) groups excluding carboxylic acids is 1. The number of unbranched alkanes of at least 4 members (excludes halogenated alkanes) is 2. The summed E-state index contributed by atoms with van der Waals surface area (Å²) in [7, 11) is -3.57. The molecule has 0 saturated carbocycles. The molecule has 0 aliphatic rings. The van der Waals surface area contributed by atoms with Crippen molar-refractivity contribution in [1.82, 2.24) is 4.72 Å². The summed E-state index contributed by atoms with van der Waals surface area (Å²) in [5.41, 5.74) is 1.28. The zero-order valence-electron chi connectivity index (χ0n) is 14.5. The molecule has 7 heteroatoms. The summed E-state index contributed by atoms with van der Waals surface area (Å²) in [6, 6.07) is 14.3. The lowest BCUT2D eigenvalue weighted by Gasteiger charge is -2.08. The minimum Gasteiger partial charge on any atom is -0.322 e. The monoisotopic (exact) mass is 371 g/mol. The molecule has 0 radical (unpaired) electrons. The molecule has 136 valence electrons. The standard InChI is InChI=1S/C19H21N3O3S/c1-2-3-4-12-21-26(24,25)18-10-8-16(9-11-18)19(23)22-17-7-5-6-15(13-17)14-20/h5-11,13,21H,2-4,12H2,1H3,(H,22,23). The van der Waals surface area contributed by atoms with Crippen LogP contribution in [0, 0.1) is 11.3 Å². The molecule has 0 spiro atoms. The molecule has 6 nitrogen and oxygen atoms in total. The van der Waals surface area contributed by atoms with Gasteiger partial charge in [-0.3, -0.25) is 4.79 Å². The van der Waals surface area contributed by atoms with Crippen molar-refractivity contribution in [2.75, 3.05) is 11.9 Å². The van der Waals surface area contributed by atoms with Gasteiger partial charge in [0.15, 0.2) is 0 Å². The van der Waals surface area contributed by atoms with Crippen LogP contribution in [0.1, 0.15) is 42.1 Å². The number of anilines is 1. The summed E-state index contributed by atoms with van der Waals surface area (Å²) in [4.78, 5) is 12.4. The second kappa shape index (κ2) is 9.13. The van der Waals surface area contributed by atoms with Crippen molar-refractivity contribution >= 4 is 21.6 Å². The van der Waals surface area contributed by atoms with E-state index in [9.17, 15) is 13.2 Å². The van der Waals surface area contributed by atoms with Gasteiger partial charge in [0.1, 0.15) is 0 Å². The van der Waals surface area contributed by atoms with E-state index in [2.05, 4.69) is 17.0 Å². The number of carbonyl (C=O) groups is 1.